The van der Waals surface area contributed by atoms with Gasteiger partial charge >= 0.3 is 6.03 Å². The van der Waals surface area contributed by atoms with Gasteiger partial charge in [-0.05, 0) is 37.3 Å². The Labute approximate surface area is 165 Å². The van der Waals surface area contributed by atoms with Gasteiger partial charge in [-0.3, -0.25) is 19.8 Å². The molecule has 0 radical (unpaired) electrons. The predicted octanol–water partition coefficient (Wildman–Crippen LogP) is 2.09. The van der Waals surface area contributed by atoms with Crippen LogP contribution in [0.1, 0.15) is 37.7 Å². The number of anilines is 1. The van der Waals surface area contributed by atoms with Crippen molar-refractivity contribution < 1.29 is 19.1 Å². The van der Waals surface area contributed by atoms with Crippen molar-refractivity contribution in [2.45, 2.75) is 44.6 Å². The van der Waals surface area contributed by atoms with E-state index in [9.17, 15) is 14.4 Å². The average Bonchev–Trinajstić information content (AvgIpc) is 2.95. The number of nitrogens with zero attached hydrogens (tertiary/aromatic N) is 2. The van der Waals surface area contributed by atoms with E-state index in [1.807, 2.05) is 18.2 Å². The summed E-state index contributed by atoms with van der Waals surface area (Å²) in [6, 6.07) is 7.17. The maximum Gasteiger partial charge on any atom is 0.330 e. The van der Waals surface area contributed by atoms with Gasteiger partial charge < -0.3 is 9.64 Å². The smallest absolute Gasteiger partial charge is 0.330 e. The van der Waals surface area contributed by atoms with E-state index in [-0.39, 0.29) is 18.5 Å². The van der Waals surface area contributed by atoms with Crippen LogP contribution in [0.4, 0.5) is 10.5 Å². The van der Waals surface area contributed by atoms with Crippen LogP contribution in [0.25, 0.3) is 0 Å². The van der Waals surface area contributed by atoms with Gasteiger partial charge in [-0.2, -0.15) is 0 Å². The summed E-state index contributed by atoms with van der Waals surface area (Å²) >= 11 is 0. The average molecular weight is 385 g/mol. The largest absolute Gasteiger partial charge is 0.385 e. The molecule has 3 heterocycles. The van der Waals surface area contributed by atoms with Crippen molar-refractivity contribution in [3.05, 3.63) is 29.8 Å². The highest BCUT2D eigenvalue weighted by Gasteiger charge is 2.61. The number of carbonyl (C=O) groups excluding carboxylic acids is 3. The Morgan fingerprint density at radius 2 is 2.00 bits per heavy atom. The standard InChI is InChI=1S/C21H27N3O4/c1-28-13-7-12-24-19(26)21(18(25)22-20(24)27)14-15-8-4-5-9-16(15)23-11-6-2-3-10-17(21)23/h4-5,8-9,17H,2-3,6-7,10-14H2,1H3,(H,22,25,27)/t17-,21-/m1/s1. The van der Waals surface area contributed by atoms with Gasteiger partial charge in [0.1, 0.15) is 0 Å². The summed E-state index contributed by atoms with van der Waals surface area (Å²) in [7, 11) is 1.59. The number of ether oxygens (including phenoxy) is 1. The zero-order valence-corrected chi connectivity index (χ0v) is 16.3. The van der Waals surface area contributed by atoms with Crippen LogP contribution in [-0.4, -0.2) is 55.6 Å². The molecule has 7 nitrogen and oxygen atoms in total. The number of methoxy groups -OCH3 is 1. The molecule has 3 aliphatic heterocycles. The van der Waals surface area contributed by atoms with Gasteiger partial charge in [0.25, 0.3) is 0 Å². The SMILES string of the molecule is COCCCN1C(=O)NC(=O)[C@]2(Cc3ccccc3N3CCCCC[C@@H]32)C1=O. The van der Waals surface area contributed by atoms with E-state index < -0.39 is 17.4 Å². The third kappa shape index (κ3) is 2.89. The topological polar surface area (TPSA) is 79.0 Å². The molecular formula is C21H27N3O4. The molecule has 150 valence electrons. The van der Waals surface area contributed by atoms with Crippen LogP contribution in [0.15, 0.2) is 24.3 Å². The number of fused-ring (bicyclic) bond motifs is 4. The second-order valence-corrected chi connectivity index (χ2v) is 7.90. The van der Waals surface area contributed by atoms with Crippen LogP contribution in [0.2, 0.25) is 0 Å². The molecule has 4 amide bonds. The molecule has 1 N–H and O–H groups in total. The van der Waals surface area contributed by atoms with Crippen molar-refractivity contribution in [1.29, 1.82) is 0 Å². The van der Waals surface area contributed by atoms with E-state index in [0.29, 0.717) is 19.4 Å². The van der Waals surface area contributed by atoms with Gasteiger partial charge in [0, 0.05) is 32.5 Å². The first-order chi connectivity index (χ1) is 13.6. The summed E-state index contributed by atoms with van der Waals surface area (Å²) in [6.07, 6.45) is 4.75. The summed E-state index contributed by atoms with van der Waals surface area (Å²) in [5.41, 5.74) is 0.860. The second-order valence-electron chi connectivity index (χ2n) is 7.90. The van der Waals surface area contributed by atoms with Crippen molar-refractivity contribution in [1.82, 2.24) is 10.2 Å². The number of carbonyl (C=O) groups is 3. The molecule has 0 bridgehead atoms. The lowest BCUT2D eigenvalue weighted by atomic mass is 9.67. The number of urea groups is 1. The Bertz CT molecular complexity index is 796. The molecule has 0 saturated carbocycles. The zero-order chi connectivity index (χ0) is 19.7. The minimum atomic E-state index is -1.25. The number of nitrogens with one attached hydrogen (secondary N) is 1. The monoisotopic (exact) mass is 385 g/mol. The normalized spacial score (nSPS) is 27.3. The fraction of sp³-hybridized carbons (Fsp3) is 0.571. The summed E-state index contributed by atoms with van der Waals surface area (Å²) in [6.45, 7) is 1.53. The lowest BCUT2D eigenvalue weighted by molar-refractivity contribution is -0.153. The summed E-state index contributed by atoms with van der Waals surface area (Å²) < 4.78 is 5.07. The molecule has 1 spiro atoms. The van der Waals surface area contributed by atoms with Gasteiger partial charge in [-0.15, -0.1) is 0 Å². The predicted molar refractivity (Wildman–Crippen MR) is 104 cm³/mol. The minimum Gasteiger partial charge on any atom is -0.385 e. The maximum atomic E-state index is 13.7. The van der Waals surface area contributed by atoms with E-state index in [1.165, 1.54) is 4.90 Å². The van der Waals surface area contributed by atoms with Crippen LogP contribution in [-0.2, 0) is 20.7 Å². The lowest BCUT2D eigenvalue weighted by Gasteiger charge is -2.51. The second kappa shape index (κ2) is 7.54. The summed E-state index contributed by atoms with van der Waals surface area (Å²) in [5, 5.41) is 2.49. The molecule has 0 unspecified atom stereocenters. The highest BCUT2D eigenvalue weighted by molar-refractivity contribution is 6.20. The Kier molecular flexibility index (Phi) is 5.10. The van der Waals surface area contributed by atoms with Gasteiger partial charge in [0.05, 0.1) is 6.04 Å². The number of imide groups is 2. The van der Waals surface area contributed by atoms with Crippen molar-refractivity contribution in [2.75, 3.05) is 31.7 Å². The van der Waals surface area contributed by atoms with Crippen molar-refractivity contribution >= 4 is 23.5 Å². The molecular weight excluding hydrogens is 358 g/mol. The molecule has 3 aliphatic rings. The van der Waals surface area contributed by atoms with Gasteiger partial charge in [-0.25, -0.2) is 4.79 Å². The fourth-order valence-corrected chi connectivity index (χ4v) is 4.99. The Morgan fingerprint density at radius 3 is 2.82 bits per heavy atom. The first-order valence-corrected chi connectivity index (χ1v) is 10.1. The van der Waals surface area contributed by atoms with E-state index >= 15 is 0 Å². The van der Waals surface area contributed by atoms with Crippen LogP contribution in [0, 0.1) is 5.41 Å². The lowest BCUT2D eigenvalue weighted by Crippen LogP contribution is -2.72. The number of hydrogen-bond acceptors (Lipinski definition) is 5. The molecule has 28 heavy (non-hydrogen) atoms. The van der Waals surface area contributed by atoms with Crippen LogP contribution in [0.5, 0.6) is 0 Å². The molecule has 1 aromatic rings. The van der Waals surface area contributed by atoms with E-state index in [0.717, 1.165) is 43.5 Å². The number of barbiturate groups is 1. The molecule has 0 aliphatic carbocycles. The Morgan fingerprint density at radius 1 is 1.18 bits per heavy atom. The molecule has 4 rings (SSSR count). The van der Waals surface area contributed by atoms with Gasteiger partial charge in [0.2, 0.25) is 11.8 Å². The van der Waals surface area contributed by atoms with E-state index in [1.54, 1.807) is 7.11 Å². The first kappa shape index (κ1) is 18.9. The third-order valence-corrected chi connectivity index (χ3v) is 6.32. The van der Waals surface area contributed by atoms with Crippen LogP contribution in [0.3, 0.4) is 0 Å². The minimum absolute atomic E-state index is 0.226. The highest BCUT2D eigenvalue weighted by Crippen LogP contribution is 2.47. The molecule has 2 fully saturated rings. The number of amides is 4. The van der Waals surface area contributed by atoms with Gasteiger partial charge in [-0.1, -0.05) is 31.0 Å². The van der Waals surface area contributed by atoms with Crippen LogP contribution < -0.4 is 10.2 Å². The molecule has 2 saturated heterocycles. The van der Waals surface area contributed by atoms with E-state index in [2.05, 4.69) is 16.3 Å². The maximum absolute atomic E-state index is 13.7. The molecule has 7 heteroatoms. The fourth-order valence-electron chi connectivity index (χ4n) is 4.99. The Hall–Kier alpha value is -2.41. The van der Waals surface area contributed by atoms with Crippen LogP contribution >= 0.6 is 0 Å². The number of rotatable bonds is 4. The van der Waals surface area contributed by atoms with E-state index in [4.69, 9.17) is 4.74 Å². The Balaban J connectivity index is 1.77. The molecule has 1 aromatic carbocycles. The third-order valence-electron chi connectivity index (χ3n) is 6.32. The number of hydrogen-bond donors (Lipinski definition) is 1. The zero-order valence-electron chi connectivity index (χ0n) is 16.3. The quantitative estimate of drug-likeness (QED) is 0.634. The highest BCUT2D eigenvalue weighted by atomic mass is 16.5. The molecule has 2 atom stereocenters. The van der Waals surface area contributed by atoms with Crippen molar-refractivity contribution in [3.8, 4) is 0 Å². The van der Waals surface area contributed by atoms with Crippen molar-refractivity contribution in [3.63, 3.8) is 0 Å². The number of benzene rings is 1. The molecule has 0 aromatic heterocycles. The van der Waals surface area contributed by atoms with Gasteiger partial charge in [0.15, 0.2) is 5.41 Å². The summed E-state index contributed by atoms with van der Waals surface area (Å²) in [4.78, 5) is 42.8. The first-order valence-electron chi connectivity index (χ1n) is 10.1. The van der Waals surface area contributed by atoms with Crippen molar-refractivity contribution in [2.24, 2.45) is 5.41 Å². The summed E-state index contributed by atoms with van der Waals surface area (Å²) in [5.74, 6) is -0.805. The number of para-hydroxylation sites is 1.